The third-order valence-electron chi connectivity index (χ3n) is 5.29. The molecule has 164 valence electrons. The number of hydrogen-bond donors (Lipinski definition) is 1. The van der Waals surface area contributed by atoms with E-state index in [1.54, 1.807) is 30.3 Å². The molecular weight excluding hydrogens is 477 g/mol. The van der Waals surface area contributed by atoms with Gasteiger partial charge < -0.3 is 9.88 Å². The van der Waals surface area contributed by atoms with Gasteiger partial charge in [-0.05, 0) is 54.5 Å². The van der Waals surface area contributed by atoms with E-state index in [2.05, 4.69) is 5.32 Å². The molecule has 0 aliphatic carbocycles. The summed E-state index contributed by atoms with van der Waals surface area (Å²) in [5.74, 6) is -0.500. The molecule has 3 aromatic carbocycles. The number of nitrogens with one attached hydrogen (secondary N) is 1. The van der Waals surface area contributed by atoms with Gasteiger partial charge in [0, 0.05) is 50.0 Å². The predicted octanol–water partition coefficient (Wildman–Crippen LogP) is 7.50. The third kappa shape index (κ3) is 5.07. The Hall–Kier alpha value is -3.23. The molecule has 0 unspecified atom stereocenters. The molecule has 0 saturated heterocycles. The average molecular weight is 495 g/mol. The van der Waals surface area contributed by atoms with Crippen molar-refractivity contribution >= 4 is 63.4 Å². The quantitative estimate of drug-likeness (QED) is 0.231. The minimum atomic E-state index is -0.500. The zero-order valence-corrected chi connectivity index (χ0v) is 19.8. The number of anilines is 1. The highest BCUT2D eigenvalue weighted by atomic mass is 35.5. The van der Waals surface area contributed by atoms with Gasteiger partial charge in [-0.1, -0.05) is 65.1 Å². The molecule has 0 radical (unpaired) electrons. The molecule has 1 amide bonds. The zero-order chi connectivity index (χ0) is 23.5. The minimum Gasteiger partial charge on any atom is -0.342 e. The van der Waals surface area contributed by atoms with Crippen LogP contribution in [0.2, 0.25) is 15.1 Å². The molecule has 1 aromatic heterocycles. The van der Waals surface area contributed by atoms with E-state index in [9.17, 15) is 10.1 Å². The number of hydrogen-bond acceptors (Lipinski definition) is 2. The lowest BCUT2D eigenvalue weighted by molar-refractivity contribution is -0.112. The highest BCUT2D eigenvalue weighted by molar-refractivity contribution is 6.35. The van der Waals surface area contributed by atoms with Gasteiger partial charge in [0.25, 0.3) is 5.91 Å². The number of carbonyl (C=O) groups is 1. The Morgan fingerprint density at radius 2 is 1.79 bits per heavy atom. The molecule has 0 bridgehead atoms. The number of amides is 1. The summed E-state index contributed by atoms with van der Waals surface area (Å²) in [7, 11) is 0. The maximum atomic E-state index is 12.8. The lowest BCUT2D eigenvalue weighted by atomic mass is 10.1. The van der Waals surface area contributed by atoms with E-state index >= 15 is 0 Å². The van der Waals surface area contributed by atoms with Crippen molar-refractivity contribution in [2.24, 2.45) is 0 Å². The summed E-state index contributed by atoms with van der Waals surface area (Å²) in [4.78, 5) is 12.8. The van der Waals surface area contributed by atoms with Crippen molar-refractivity contribution in [2.45, 2.75) is 13.5 Å². The molecule has 1 heterocycles. The van der Waals surface area contributed by atoms with Gasteiger partial charge in [-0.2, -0.15) is 5.26 Å². The first-order valence-electron chi connectivity index (χ1n) is 10.1. The Morgan fingerprint density at radius 1 is 1.06 bits per heavy atom. The first kappa shape index (κ1) is 22.9. The smallest absolute Gasteiger partial charge is 0.266 e. The van der Waals surface area contributed by atoms with Crippen LogP contribution >= 0.6 is 34.8 Å². The van der Waals surface area contributed by atoms with Crippen LogP contribution in [0.3, 0.4) is 0 Å². The van der Waals surface area contributed by atoms with Gasteiger partial charge in [0.1, 0.15) is 11.6 Å². The summed E-state index contributed by atoms with van der Waals surface area (Å²) in [5, 5.41) is 15.0. The number of para-hydroxylation sites is 1. The largest absolute Gasteiger partial charge is 0.342 e. The zero-order valence-electron chi connectivity index (χ0n) is 17.6. The highest BCUT2D eigenvalue weighted by Gasteiger charge is 2.14. The number of benzene rings is 3. The molecule has 0 aliphatic heterocycles. The number of nitriles is 1. The van der Waals surface area contributed by atoms with Gasteiger partial charge in [0.2, 0.25) is 0 Å². The summed E-state index contributed by atoms with van der Waals surface area (Å²) in [6.07, 6.45) is 3.50. The topological polar surface area (TPSA) is 57.8 Å². The van der Waals surface area contributed by atoms with Crippen molar-refractivity contribution in [2.75, 3.05) is 5.32 Å². The molecule has 33 heavy (non-hydrogen) atoms. The van der Waals surface area contributed by atoms with E-state index in [-0.39, 0.29) is 5.57 Å². The van der Waals surface area contributed by atoms with Crippen molar-refractivity contribution in [3.05, 3.63) is 104 Å². The monoisotopic (exact) mass is 493 g/mol. The summed E-state index contributed by atoms with van der Waals surface area (Å²) >= 11 is 18.4. The summed E-state index contributed by atoms with van der Waals surface area (Å²) in [6, 6.07) is 20.4. The molecule has 0 fully saturated rings. The second-order valence-electron chi connectivity index (χ2n) is 7.55. The van der Waals surface area contributed by atoms with E-state index in [4.69, 9.17) is 34.8 Å². The highest BCUT2D eigenvalue weighted by Crippen LogP contribution is 2.28. The molecule has 7 heteroatoms. The molecule has 0 saturated carbocycles. The SMILES string of the molecule is Cc1ccc(Cl)cc1NC(=O)/C(C#N)=C/c1cn(Cc2ccc(Cl)cc2Cl)c2ccccc12. The number of halogens is 3. The van der Waals surface area contributed by atoms with E-state index in [0.29, 0.717) is 27.3 Å². The first-order chi connectivity index (χ1) is 15.9. The van der Waals surface area contributed by atoms with E-state index < -0.39 is 5.91 Å². The van der Waals surface area contributed by atoms with Gasteiger partial charge in [0.15, 0.2) is 0 Å². The van der Waals surface area contributed by atoms with Gasteiger partial charge in [0.05, 0.1) is 0 Å². The molecule has 1 N–H and O–H groups in total. The van der Waals surface area contributed by atoms with Crippen LogP contribution in [0.4, 0.5) is 5.69 Å². The van der Waals surface area contributed by atoms with Crippen molar-refractivity contribution in [1.29, 1.82) is 5.26 Å². The predicted molar refractivity (Wildman–Crippen MR) is 136 cm³/mol. The molecule has 4 rings (SSSR count). The Bertz CT molecular complexity index is 1450. The Balaban J connectivity index is 1.70. The maximum absolute atomic E-state index is 12.8. The number of carbonyl (C=O) groups excluding carboxylic acids is 1. The van der Waals surface area contributed by atoms with Gasteiger partial charge in [-0.25, -0.2) is 0 Å². The van der Waals surface area contributed by atoms with E-state index in [0.717, 1.165) is 27.6 Å². The van der Waals surface area contributed by atoms with Crippen LogP contribution in [-0.2, 0) is 11.3 Å². The Labute approximate surface area is 206 Å². The molecule has 4 aromatic rings. The van der Waals surface area contributed by atoms with E-state index in [1.807, 2.05) is 60.2 Å². The second-order valence-corrected chi connectivity index (χ2v) is 8.83. The van der Waals surface area contributed by atoms with Crippen LogP contribution in [0.15, 0.2) is 72.4 Å². The van der Waals surface area contributed by atoms with Crippen molar-refractivity contribution in [1.82, 2.24) is 4.57 Å². The first-order valence-corrected chi connectivity index (χ1v) is 11.2. The lowest BCUT2D eigenvalue weighted by Gasteiger charge is -2.08. The molecule has 0 spiro atoms. The number of rotatable bonds is 5. The number of aromatic nitrogens is 1. The molecule has 0 atom stereocenters. The van der Waals surface area contributed by atoms with Crippen LogP contribution in [0, 0.1) is 18.3 Å². The van der Waals surface area contributed by atoms with Crippen LogP contribution < -0.4 is 5.32 Å². The number of fused-ring (bicyclic) bond motifs is 1. The Kier molecular flexibility index (Phi) is 6.76. The fourth-order valence-corrected chi connectivity index (χ4v) is 4.22. The Morgan fingerprint density at radius 3 is 2.55 bits per heavy atom. The van der Waals surface area contributed by atoms with Crippen LogP contribution in [0.5, 0.6) is 0 Å². The van der Waals surface area contributed by atoms with E-state index in [1.165, 1.54) is 0 Å². The lowest BCUT2D eigenvalue weighted by Crippen LogP contribution is -2.14. The molecule has 4 nitrogen and oxygen atoms in total. The second kappa shape index (κ2) is 9.72. The van der Waals surface area contributed by atoms with Gasteiger partial charge in [-0.3, -0.25) is 4.79 Å². The fraction of sp³-hybridized carbons (Fsp3) is 0.0769. The van der Waals surface area contributed by atoms with Crippen LogP contribution in [0.1, 0.15) is 16.7 Å². The number of nitrogens with zero attached hydrogens (tertiary/aromatic N) is 2. The normalized spacial score (nSPS) is 11.4. The standard InChI is InChI=1S/C26H18Cl3N3O/c1-16-6-8-21(28)12-24(16)31-26(33)18(13-30)10-19-15-32(25-5-3-2-4-22(19)25)14-17-7-9-20(27)11-23(17)29/h2-12,15H,14H2,1H3,(H,31,33)/b18-10+. The number of aryl methyl sites for hydroxylation is 1. The molecular formula is C26H18Cl3N3O. The van der Waals surface area contributed by atoms with Gasteiger partial charge in [-0.15, -0.1) is 0 Å². The van der Waals surface area contributed by atoms with Crippen molar-refractivity contribution < 1.29 is 4.79 Å². The van der Waals surface area contributed by atoms with Crippen molar-refractivity contribution in [3.8, 4) is 6.07 Å². The third-order valence-corrected chi connectivity index (χ3v) is 6.11. The minimum absolute atomic E-state index is 0.0122. The maximum Gasteiger partial charge on any atom is 0.266 e. The van der Waals surface area contributed by atoms with Gasteiger partial charge >= 0.3 is 0 Å². The summed E-state index contributed by atoms with van der Waals surface area (Å²) in [6.45, 7) is 2.37. The van der Waals surface area contributed by atoms with Crippen molar-refractivity contribution in [3.63, 3.8) is 0 Å². The average Bonchev–Trinajstić information content (AvgIpc) is 3.13. The molecule has 0 aliphatic rings. The summed E-state index contributed by atoms with van der Waals surface area (Å²) < 4.78 is 2.03. The summed E-state index contributed by atoms with van der Waals surface area (Å²) in [5.41, 5.74) is 4.02. The fourth-order valence-electron chi connectivity index (χ4n) is 3.58. The van der Waals surface area contributed by atoms with Crippen LogP contribution in [-0.4, -0.2) is 10.5 Å². The van der Waals surface area contributed by atoms with Crippen LogP contribution in [0.25, 0.3) is 17.0 Å².